The molecule has 0 saturated carbocycles. The smallest absolute Gasteiger partial charge is 0.243 e. The number of carbonyl (C=O) groups is 3. The van der Waals surface area contributed by atoms with Gasteiger partial charge in [-0.2, -0.15) is 0 Å². The summed E-state index contributed by atoms with van der Waals surface area (Å²) in [6, 6.07) is -1.69. The summed E-state index contributed by atoms with van der Waals surface area (Å²) in [5.41, 5.74) is 16.1. The number of carbonyl (C=O) groups excluding carboxylic acids is 3. The molecule has 0 aromatic carbocycles. The van der Waals surface area contributed by atoms with Gasteiger partial charge in [0.2, 0.25) is 17.7 Å². The molecule has 0 fully saturated rings. The van der Waals surface area contributed by atoms with E-state index < -0.39 is 23.9 Å². The van der Waals surface area contributed by atoms with Crippen LogP contribution in [0.1, 0.15) is 47.0 Å². The summed E-state index contributed by atoms with van der Waals surface area (Å²) in [6.07, 6.45) is 0.898. The first-order valence-electron chi connectivity index (χ1n) is 13.1. The van der Waals surface area contributed by atoms with Crippen molar-refractivity contribution in [2.45, 2.75) is 59.0 Å². The lowest BCUT2D eigenvalue weighted by Gasteiger charge is -2.24. The van der Waals surface area contributed by atoms with Gasteiger partial charge in [-0.1, -0.05) is 27.7 Å². The van der Waals surface area contributed by atoms with Crippen LogP contribution in [0.5, 0.6) is 0 Å². The van der Waals surface area contributed by atoms with Gasteiger partial charge in [0.25, 0.3) is 0 Å². The normalized spacial score (nSPS) is 12.2. The topological polar surface area (TPSA) is 202 Å². The minimum absolute atomic E-state index is 0.0757. The van der Waals surface area contributed by atoms with Gasteiger partial charge in [0.05, 0.1) is 52.9 Å². The van der Waals surface area contributed by atoms with Crippen molar-refractivity contribution in [1.29, 1.82) is 0 Å². The van der Waals surface area contributed by atoms with Crippen LogP contribution in [0.2, 0.25) is 0 Å². The van der Waals surface area contributed by atoms with Crippen molar-refractivity contribution in [3.63, 3.8) is 0 Å². The van der Waals surface area contributed by atoms with Gasteiger partial charge in [0.1, 0.15) is 12.1 Å². The molecule has 0 radical (unpaired) electrons. The first kappa shape index (κ1) is 38.0. The molecule has 2 unspecified atom stereocenters. The predicted octanol–water partition coefficient (Wildman–Crippen LogP) is -0.848. The molecule has 14 heteroatoms. The average Bonchev–Trinajstić information content (AvgIpc) is 2.87. The number of amides is 3. The SMILES string of the molecule is CC.CC(C)C(NC(=O)CCOCCOCCOCCOCCN)C(=O)NC(CCCNC(N)=S)C(N)=O. The van der Waals surface area contributed by atoms with E-state index in [1.807, 2.05) is 13.8 Å². The third kappa shape index (κ3) is 23.0. The number of rotatable bonds is 23. The van der Waals surface area contributed by atoms with Gasteiger partial charge in [0.15, 0.2) is 5.11 Å². The van der Waals surface area contributed by atoms with Crippen LogP contribution in [0.4, 0.5) is 0 Å². The third-order valence-corrected chi connectivity index (χ3v) is 4.89. The Hall–Kier alpha value is -2.10. The molecular formula is C24H50N6O7S. The summed E-state index contributed by atoms with van der Waals surface area (Å²) in [7, 11) is 0. The van der Waals surface area contributed by atoms with Crippen molar-refractivity contribution >= 4 is 35.1 Å². The number of nitrogens with one attached hydrogen (secondary N) is 3. The molecule has 0 aliphatic carbocycles. The standard InChI is InChI=1S/C22H44N6O7S.C2H6/c1-16(2)19(21(31)27-17(20(24)30)4-3-7-26-22(25)36)28-18(29)5-8-32-10-12-34-14-15-35-13-11-33-9-6-23;1-2/h16-17,19H,3-15,23H2,1-2H3,(H2,24,30)(H,27,31)(H,28,29)(H3,25,26,36);1-2H3. The highest BCUT2D eigenvalue weighted by atomic mass is 32.1. The Labute approximate surface area is 232 Å². The van der Waals surface area contributed by atoms with Gasteiger partial charge in [-0.05, 0) is 31.0 Å². The van der Waals surface area contributed by atoms with Gasteiger partial charge in [-0.3, -0.25) is 14.4 Å². The number of nitrogens with two attached hydrogens (primary N) is 3. The van der Waals surface area contributed by atoms with Crippen LogP contribution in [0, 0.1) is 5.92 Å². The maximum Gasteiger partial charge on any atom is 0.243 e. The highest BCUT2D eigenvalue weighted by Gasteiger charge is 2.27. The second-order valence-electron chi connectivity index (χ2n) is 8.17. The molecule has 0 aromatic heterocycles. The summed E-state index contributed by atoms with van der Waals surface area (Å²) in [5.74, 6) is -1.69. The van der Waals surface area contributed by atoms with Crippen molar-refractivity contribution in [2.75, 3.05) is 65.9 Å². The van der Waals surface area contributed by atoms with Crippen molar-refractivity contribution < 1.29 is 33.3 Å². The van der Waals surface area contributed by atoms with E-state index in [9.17, 15) is 14.4 Å². The highest BCUT2D eigenvalue weighted by Crippen LogP contribution is 2.05. The minimum atomic E-state index is -0.873. The van der Waals surface area contributed by atoms with Gasteiger partial charge >= 0.3 is 0 Å². The van der Waals surface area contributed by atoms with Gasteiger partial charge in [-0.25, -0.2) is 0 Å². The van der Waals surface area contributed by atoms with Crippen LogP contribution in [0.15, 0.2) is 0 Å². The largest absolute Gasteiger partial charge is 0.379 e. The van der Waals surface area contributed by atoms with E-state index >= 15 is 0 Å². The molecule has 9 N–H and O–H groups in total. The van der Waals surface area contributed by atoms with Crippen LogP contribution in [0.3, 0.4) is 0 Å². The van der Waals surface area contributed by atoms with Crippen LogP contribution in [0.25, 0.3) is 0 Å². The fraction of sp³-hybridized carbons (Fsp3) is 0.833. The summed E-state index contributed by atoms with van der Waals surface area (Å²) in [5, 5.41) is 8.23. The lowest BCUT2D eigenvalue weighted by atomic mass is 10.0. The second-order valence-corrected chi connectivity index (χ2v) is 8.61. The molecule has 3 amide bonds. The van der Waals surface area contributed by atoms with Crippen LogP contribution >= 0.6 is 12.2 Å². The number of primary amides is 1. The van der Waals surface area contributed by atoms with E-state index in [2.05, 4.69) is 16.0 Å². The Morgan fingerprint density at radius 3 is 1.76 bits per heavy atom. The first-order valence-corrected chi connectivity index (χ1v) is 13.5. The maximum absolute atomic E-state index is 12.7. The number of hydrogen-bond donors (Lipinski definition) is 6. The van der Waals surface area contributed by atoms with Gasteiger partial charge in [0, 0.05) is 19.5 Å². The van der Waals surface area contributed by atoms with E-state index in [-0.39, 0.29) is 30.0 Å². The van der Waals surface area contributed by atoms with Gasteiger partial charge in [-0.15, -0.1) is 0 Å². The van der Waals surface area contributed by atoms with E-state index in [0.29, 0.717) is 72.2 Å². The lowest BCUT2D eigenvalue weighted by molar-refractivity contribution is -0.132. The van der Waals surface area contributed by atoms with Crippen LogP contribution in [-0.4, -0.2) is 101 Å². The molecular weight excluding hydrogens is 516 g/mol. The van der Waals surface area contributed by atoms with Crippen molar-refractivity contribution in [2.24, 2.45) is 23.1 Å². The molecule has 0 aromatic rings. The predicted molar refractivity (Wildman–Crippen MR) is 150 cm³/mol. The number of ether oxygens (including phenoxy) is 4. The molecule has 0 saturated heterocycles. The zero-order valence-electron chi connectivity index (χ0n) is 23.4. The first-order chi connectivity index (χ1) is 18.2. The molecule has 0 aliphatic rings. The summed E-state index contributed by atoms with van der Waals surface area (Å²) < 4.78 is 21.3. The molecule has 0 bridgehead atoms. The molecule has 38 heavy (non-hydrogen) atoms. The zero-order chi connectivity index (χ0) is 29.2. The Morgan fingerprint density at radius 1 is 0.816 bits per heavy atom. The molecule has 13 nitrogen and oxygen atoms in total. The van der Waals surface area contributed by atoms with Crippen molar-refractivity contribution in [3.05, 3.63) is 0 Å². The monoisotopic (exact) mass is 566 g/mol. The van der Waals surface area contributed by atoms with Crippen LogP contribution < -0.4 is 33.2 Å². The number of thiocarbonyl (C=S) groups is 1. The fourth-order valence-corrected chi connectivity index (χ4v) is 2.96. The molecule has 2 atom stereocenters. The van der Waals surface area contributed by atoms with Crippen molar-refractivity contribution in [3.8, 4) is 0 Å². The molecule has 0 heterocycles. The fourth-order valence-electron chi connectivity index (χ4n) is 2.86. The average molecular weight is 567 g/mol. The second kappa shape index (κ2) is 26.5. The summed E-state index contributed by atoms with van der Waals surface area (Å²) in [4.78, 5) is 36.7. The maximum atomic E-state index is 12.7. The molecule has 0 spiro atoms. The Bertz CT molecular complexity index is 643. The van der Waals surface area contributed by atoms with E-state index in [0.717, 1.165) is 0 Å². The molecule has 0 aliphatic heterocycles. The summed E-state index contributed by atoms with van der Waals surface area (Å²) >= 11 is 4.72. The Morgan fingerprint density at radius 2 is 1.32 bits per heavy atom. The molecule has 224 valence electrons. The van der Waals surface area contributed by atoms with Gasteiger partial charge < -0.3 is 52.1 Å². The van der Waals surface area contributed by atoms with E-state index in [1.165, 1.54) is 0 Å². The third-order valence-electron chi connectivity index (χ3n) is 4.75. The number of hydrogen-bond acceptors (Lipinski definition) is 9. The van der Waals surface area contributed by atoms with E-state index in [1.54, 1.807) is 13.8 Å². The highest BCUT2D eigenvalue weighted by molar-refractivity contribution is 7.80. The zero-order valence-corrected chi connectivity index (χ0v) is 24.2. The quantitative estimate of drug-likeness (QED) is 0.0664. The lowest BCUT2D eigenvalue weighted by Crippen LogP contribution is -2.54. The van der Waals surface area contributed by atoms with E-state index in [4.69, 9.17) is 48.4 Å². The summed E-state index contributed by atoms with van der Waals surface area (Å²) in [6.45, 7) is 11.8. The van der Waals surface area contributed by atoms with Crippen LogP contribution in [-0.2, 0) is 33.3 Å². The molecule has 0 rings (SSSR count). The Kier molecular flexibility index (Phi) is 26.5. The Balaban J connectivity index is 0. The van der Waals surface area contributed by atoms with Crippen molar-refractivity contribution in [1.82, 2.24) is 16.0 Å². The minimum Gasteiger partial charge on any atom is -0.379 e.